The SMILES string of the molecule is B=BB=BB=BB=BB=BB=BB=BB=BB=BB=BB=BB=BB=BB=BB=BB=BB=BB=BB=BB=BB=BB=BB=BOC. The molecule has 0 heterocycles. The molecule has 0 aromatic carbocycles. The third-order valence-corrected chi connectivity index (χ3v) is 5.02. The molecule has 0 radical (unpaired) electrons. The van der Waals surface area contributed by atoms with Crippen molar-refractivity contribution < 1.29 is 4.65 Å². The van der Waals surface area contributed by atoms with Gasteiger partial charge in [-0.1, -0.05) is 0 Å². The Labute approximate surface area is 318 Å². The number of hydrogen-bond acceptors (Lipinski definition) is 1. The Bertz CT molecular complexity index is 1480. The first kappa shape index (κ1) is 50.8. The molecule has 0 bridgehead atoms. The molecule has 0 N–H and O–H groups in total. The molecule has 0 atom stereocenters. The van der Waals surface area contributed by atoms with Crippen molar-refractivity contribution in [2.75, 3.05) is 7.11 Å². The molecule has 0 amide bonds. The monoisotopic (exact) mass is 538 g/mol. The van der Waals surface area contributed by atoms with Gasteiger partial charge in [-0.05, 0) is 0 Å². The molecule has 48 heavy (non-hydrogen) atoms. The Balaban J connectivity index is 4.04. The second-order valence-electron chi connectivity index (χ2n) is 8.88. The second kappa shape index (κ2) is 49.8. The fourth-order valence-corrected chi connectivity index (χ4v) is 2.83. The van der Waals surface area contributed by atoms with Gasteiger partial charge in [0.25, 0.3) is 0 Å². The Kier molecular flexibility index (Phi) is 52.7. The van der Waals surface area contributed by atoms with E-state index in [1.54, 1.807) is 20.8 Å². The van der Waals surface area contributed by atoms with Crippen LogP contribution in [-0.4, -0.2) is 316 Å². The van der Waals surface area contributed by atoms with Crippen molar-refractivity contribution in [1.82, 2.24) is 0 Å². The summed E-state index contributed by atoms with van der Waals surface area (Å²) in [5.74, 6) is 0. The Hall–Kier alpha value is 2.79. The van der Waals surface area contributed by atoms with E-state index in [1.807, 2.05) is 288 Å². The van der Waals surface area contributed by atoms with E-state index in [0.29, 0.717) is 0 Å². The van der Waals surface area contributed by atoms with E-state index in [9.17, 15) is 0 Å². The molecule has 0 unspecified atom stereocenters. The van der Waals surface area contributed by atoms with Crippen LogP contribution in [0.4, 0.5) is 0 Å². The van der Waals surface area contributed by atoms with Gasteiger partial charge in [-0.25, -0.2) is 0 Å². The second-order valence-corrected chi connectivity index (χ2v) is 8.88. The standard InChI is InChI=1S/CH4B46O/c1-48-47-46-45-44-43-42-41-40-39-38-37-36-35-34-33-32-31-30-29-28-27-26-25-24-23-22-21-20-19-18-17-16-15-14-13-12-11-10-9-8-7-6-5-4-3-2/h2H,1H3. The van der Waals surface area contributed by atoms with Crippen LogP contribution in [0.5, 0.6) is 0 Å². The zero-order valence-corrected chi connectivity index (χ0v) is 28.1. The van der Waals surface area contributed by atoms with Crippen LogP contribution in [-0.2, 0) is 4.65 Å². The first-order chi connectivity index (χ1) is 23.9. The van der Waals surface area contributed by atoms with Crippen molar-refractivity contribution in [2.45, 2.75) is 0 Å². The van der Waals surface area contributed by atoms with Crippen molar-refractivity contribution in [3.8, 4) is 0 Å². The van der Waals surface area contributed by atoms with Gasteiger partial charge < -0.3 is 0 Å². The minimum atomic E-state index is 1.62. The summed E-state index contributed by atoms with van der Waals surface area (Å²) < 4.78 is 4.81. The van der Waals surface area contributed by atoms with Crippen LogP contribution >= 0.6 is 0 Å². The van der Waals surface area contributed by atoms with Gasteiger partial charge in [0.1, 0.15) is 0 Å². The summed E-state index contributed by atoms with van der Waals surface area (Å²) in [6, 6.07) is 0. The molecule has 0 aliphatic rings. The van der Waals surface area contributed by atoms with E-state index >= 15 is 0 Å². The minimum absolute atomic E-state index is 1.62. The van der Waals surface area contributed by atoms with Gasteiger partial charge in [0.15, 0.2) is 0 Å². The van der Waals surface area contributed by atoms with E-state index in [-0.39, 0.29) is 0 Å². The van der Waals surface area contributed by atoms with Crippen LogP contribution in [0.2, 0.25) is 0 Å². The normalized spacial score (nSPS) is 7.67. The topological polar surface area (TPSA) is 9.23 Å². The Morgan fingerprint density at radius 1 is 0.208 bits per heavy atom. The van der Waals surface area contributed by atoms with Crippen LogP contribution in [0.15, 0.2) is 0 Å². The average Bonchev–Trinajstić information content (AvgIpc) is 3.10. The van der Waals surface area contributed by atoms with Crippen molar-refractivity contribution >= 4 is 309 Å². The molecule has 0 spiro atoms. The van der Waals surface area contributed by atoms with Gasteiger partial charge >= 0.3 is 321 Å². The number of rotatable bonds is 23. The summed E-state index contributed by atoms with van der Waals surface area (Å²) in [4.78, 5) is 0. The van der Waals surface area contributed by atoms with E-state index in [0.717, 1.165) is 0 Å². The van der Waals surface area contributed by atoms with Crippen molar-refractivity contribution in [1.29, 1.82) is 0 Å². The van der Waals surface area contributed by atoms with Gasteiger partial charge in [-0.3, -0.25) is 0 Å². The molecular formula is CH4B46O. The predicted octanol–water partition coefficient (Wildman–Crippen LogP) is -17.7. The van der Waals surface area contributed by atoms with Crippen molar-refractivity contribution in [3.05, 3.63) is 0 Å². The third-order valence-electron chi connectivity index (χ3n) is 5.02. The Morgan fingerprint density at radius 3 is 0.458 bits per heavy atom. The molecule has 152 valence electrons. The van der Waals surface area contributed by atoms with Gasteiger partial charge in [-0.2, -0.15) is 0 Å². The van der Waals surface area contributed by atoms with E-state index in [2.05, 4.69) is 7.37 Å². The fraction of sp³-hybridized carbons (Fsp3) is 1.00. The molecule has 0 saturated carbocycles. The van der Waals surface area contributed by atoms with Crippen LogP contribution in [0, 0.1) is 0 Å². The molecule has 0 aromatic rings. The van der Waals surface area contributed by atoms with Gasteiger partial charge in [0.05, 0.1) is 0 Å². The summed E-state index contributed by atoms with van der Waals surface area (Å²) in [5.41, 5.74) is 0. The predicted molar refractivity (Wildman–Crippen MR) is 273 cm³/mol. The molecule has 0 aliphatic heterocycles. The molecular weight excluding hydrogens is 525 g/mol. The van der Waals surface area contributed by atoms with E-state index in [1.165, 1.54) is 0 Å². The zero-order chi connectivity index (χ0) is 34.5. The molecule has 1 nitrogen and oxygen atoms in total. The van der Waals surface area contributed by atoms with Crippen LogP contribution in [0.1, 0.15) is 0 Å². The van der Waals surface area contributed by atoms with Crippen molar-refractivity contribution in [2.24, 2.45) is 0 Å². The number of hydrogen-bond donors (Lipinski definition) is 0. The van der Waals surface area contributed by atoms with Gasteiger partial charge in [0.2, 0.25) is 0 Å². The van der Waals surface area contributed by atoms with Crippen molar-refractivity contribution in [3.63, 3.8) is 0 Å². The molecule has 0 fully saturated rings. The van der Waals surface area contributed by atoms with Crippen LogP contribution < -0.4 is 0 Å². The molecule has 0 rings (SSSR count). The van der Waals surface area contributed by atoms with Crippen LogP contribution in [0.25, 0.3) is 0 Å². The summed E-state index contributed by atoms with van der Waals surface area (Å²) in [6.45, 7) is 86.8. The quantitative estimate of drug-likeness (QED) is 0.120. The summed E-state index contributed by atoms with van der Waals surface area (Å²) >= 11 is 0. The van der Waals surface area contributed by atoms with Gasteiger partial charge in [-0.15, -0.1) is 0 Å². The first-order valence-electron chi connectivity index (χ1n) is 15.7. The fourth-order valence-electron chi connectivity index (χ4n) is 2.83. The molecule has 47 heteroatoms. The summed E-state index contributed by atoms with van der Waals surface area (Å²) in [7, 11) is 6.87. The molecule has 0 aromatic heterocycles. The zero-order valence-electron chi connectivity index (χ0n) is 28.1. The van der Waals surface area contributed by atoms with Crippen LogP contribution in [0.3, 0.4) is 0 Å². The maximum absolute atomic E-state index is 4.81. The molecule has 0 aliphatic carbocycles. The van der Waals surface area contributed by atoms with E-state index in [4.69, 9.17) is 4.65 Å². The van der Waals surface area contributed by atoms with E-state index < -0.39 is 0 Å². The maximum atomic E-state index is 4.81. The molecule has 0 saturated heterocycles. The summed E-state index contributed by atoms with van der Waals surface area (Å²) in [6.07, 6.45) is 0. The Morgan fingerprint density at radius 2 is 0.333 bits per heavy atom. The first-order valence-corrected chi connectivity index (χ1v) is 15.7. The average molecular weight is 529 g/mol. The van der Waals surface area contributed by atoms with Gasteiger partial charge in [0, 0.05) is 0 Å². The summed E-state index contributed by atoms with van der Waals surface area (Å²) in [5, 5.41) is 0. The third kappa shape index (κ3) is 48.8.